The molecule has 1 unspecified atom stereocenters. The van der Waals surface area contributed by atoms with Crippen molar-refractivity contribution in [1.29, 1.82) is 0 Å². The van der Waals surface area contributed by atoms with Crippen molar-refractivity contribution < 1.29 is 19.1 Å². The maximum atomic E-state index is 12.7. The number of hydrogen-bond donors (Lipinski definition) is 0. The van der Waals surface area contributed by atoms with Gasteiger partial charge in [-0.3, -0.25) is 14.4 Å². The van der Waals surface area contributed by atoms with Gasteiger partial charge in [-0.15, -0.1) is 0 Å². The van der Waals surface area contributed by atoms with Crippen LogP contribution in [0, 0.1) is 5.92 Å². The normalized spacial score (nSPS) is 23.9. The molecule has 3 amide bonds. The van der Waals surface area contributed by atoms with Crippen molar-refractivity contribution in [2.45, 2.75) is 38.2 Å². The van der Waals surface area contributed by atoms with Crippen molar-refractivity contribution in [3.05, 3.63) is 0 Å². The van der Waals surface area contributed by atoms with Gasteiger partial charge in [0.05, 0.1) is 18.4 Å². The SMILES string of the molecule is CSCC(=O)N1CC(=O)N(CCCN2CCCC2=O)CC(OCC2CC2)C1. The molecule has 1 saturated carbocycles. The first-order chi connectivity index (χ1) is 13.1. The smallest absolute Gasteiger partial charge is 0.242 e. The average Bonchev–Trinajstić information content (AvgIpc) is 3.40. The van der Waals surface area contributed by atoms with Crippen LogP contribution in [0.1, 0.15) is 32.1 Å². The van der Waals surface area contributed by atoms with Crippen LogP contribution in [0.25, 0.3) is 0 Å². The molecule has 3 aliphatic rings. The Morgan fingerprint density at radius 1 is 1.15 bits per heavy atom. The number of likely N-dealkylation sites (tertiary alicyclic amines) is 1. The van der Waals surface area contributed by atoms with Crippen molar-refractivity contribution >= 4 is 29.5 Å². The Kier molecular flexibility index (Phi) is 7.41. The van der Waals surface area contributed by atoms with Crippen LogP contribution >= 0.6 is 11.8 Å². The molecular weight excluding hydrogens is 366 g/mol. The summed E-state index contributed by atoms with van der Waals surface area (Å²) in [5.41, 5.74) is 0. The molecule has 0 aromatic rings. The summed E-state index contributed by atoms with van der Waals surface area (Å²) in [6.07, 6.45) is 6.55. The molecule has 2 heterocycles. The van der Waals surface area contributed by atoms with Crippen LogP contribution in [0.3, 0.4) is 0 Å². The molecule has 1 aliphatic carbocycles. The van der Waals surface area contributed by atoms with Crippen molar-refractivity contribution in [2.24, 2.45) is 5.92 Å². The maximum absolute atomic E-state index is 12.7. The lowest BCUT2D eigenvalue weighted by Crippen LogP contribution is -2.41. The fraction of sp³-hybridized carbons (Fsp3) is 0.842. The summed E-state index contributed by atoms with van der Waals surface area (Å²) in [5, 5.41) is 0. The quantitative estimate of drug-likeness (QED) is 0.576. The minimum absolute atomic E-state index is 0.000357. The van der Waals surface area contributed by atoms with E-state index in [1.54, 1.807) is 4.90 Å². The molecule has 0 aromatic carbocycles. The number of hydrogen-bond acceptors (Lipinski definition) is 5. The van der Waals surface area contributed by atoms with Crippen LogP contribution in [-0.2, 0) is 19.1 Å². The summed E-state index contributed by atoms with van der Waals surface area (Å²) >= 11 is 1.48. The van der Waals surface area contributed by atoms with E-state index in [-0.39, 0.29) is 30.4 Å². The van der Waals surface area contributed by atoms with Gasteiger partial charge in [0.2, 0.25) is 17.7 Å². The first kappa shape index (κ1) is 20.5. The second kappa shape index (κ2) is 9.78. The Bertz CT molecular complexity index is 555. The predicted octanol–water partition coefficient (Wildman–Crippen LogP) is 0.828. The van der Waals surface area contributed by atoms with Gasteiger partial charge in [0.15, 0.2) is 0 Å². The molecular formula is C19H31N3O4S. The van der Waals surface area contributed by atoms with E-state index in [1.807, 2.05) is 16.1 Å². The molecule has 1 atom stereocenters. The summed E-state index contributed by atoms with van der Waals surface area (Å²) in [4.78, 5) is 42.2. The number of rotatable bonds is 9. The van der Waals surface area contributed by atoms with E-state index >= 15 is 0 Å². The van der Waals surface area contributed by atoms with Crippen molar-refractivity contribution in [1.82, 2.24) is 14.7 Å². The number of carbonyl (C=O) groups is 3. The molecule has 8 heteroatoms. The highest BCUT2D eigenvalue weighted by atomic mass is 32.2. The lowest BCUT2D eigenvalue weighted by atomic mass is 10.3. The third-order valence-electron chi connectivity index (χ3n) is 5.44. The highest BCUT2D eigenvalue weighted by Gasteiger charge is 2.32. The van der Waals surface area contributed by atoms with Gasteiger partial charge in [-0.25, -0.2) is 0 Å². The van der Waals surface area contributed by atoms with Gasteiger partial charge < -0.3 is 19.4 Å². The van der Waals surface area contributed by atoms with E-state index in [0.717, 1.165) is 26.0 Å². The van der Waals surface area contributed by atoms with Crippen molar-refractivity contribution in [3.8, 4) is 0 Å². The van der Waals surface area contributed by atoms with Gasteiger partial charge in [0, 0.05) is 45.8 Å². The molecule has 7 nitrogen and oxygen atoms in total. The molecule has 27 heavy (non-hydrogen) atoms. The standard InChI is InChI=1S/C19H31N3O4S/c1-27-14-19(25)22-11-16(26-13-15-5-6-15)10-21(18(24)12-22)9-3-8-20-7-2-4-17(20)23/h15-16H,2-14H2,1H3. The third-order valence-corrected chi connectivity index (χ3v) is 5.98. The molecule has 3 fully saturated rings. The summed E-state index contributed by atoms with van der Waals surface area (Å²) in [6.45, 7) is 4.00. The molecule has 152 valence electrons. The van der Waals surface area contributed by atoms with Crippen LogP contribution in [0.4, 0.5) is 0 Å². The zero-order valence-electron chi connectivity index (χ0n) is 16.2. The molecule has 0 radical (unpaired) electrons. The zero-order valence-corrected chi connectivity index (χ0v) is 17.0. The summed E-state index contributed by atoms with van der Waals surface area (Å²) in [5.74, 6) is 1.24. The van der Waals surface area contributed by atoms with E-state index in [4.69, 9.17) is 4.74 Å². The summed E-state index contributed by atoms with van der Waals surface area (Å²) < 4.78 is 6.06. The van der Waals surface area contributed by atoms with E-state index in [2.05, 4.69) is 0 Å². The number of ether oxygens (including phenoxy) is 1. The minimum atomic E-state index is -0.128. The average molecular weight is 398 g/mol. The highest BCUT2D eigenvalue weighted by molar-refractivity contribution is 7.99. The molecule has 0 bridgehead atoms. The monoisotopic (exact) mass is 397 g/mol. The Morgan fingerprint density at radius 3 is 2.59 bits per heavy atom. The third kappa shape index (κ3) is 6.10. The Balaban J connectivity index is 1.55. The first-order valence-electron chi connectivity index (χ1n) is 10.0. The molecule has 0 N–H and O–H groups in total. The van der Waals surface area contributed by atoms with Gasteiger partial charge >= 0.3 is 0 Å². The fourth-order valence-electron chi connectivity index (χ4n) is 3.65. The van der Waals surface area contributed by atoms with Crippen LogP contribution in [0.2, 0.25) is 0 Å². The maximum Gasteiger partial charge on any atom is 0.242 e. The fourth-order valence-corrected chi connectivity index (χ4v) is 4.08. The second-order valence-electron chi connectivity index (χ2n) is 7.78. The molecule has 2 saturated heterocycles. The van der Waals surface area contributed by atoms with Crippen LogP contribution in [-0.4, -0.2) is 96.4 Å². The van der Waals surface area contributed by atoms with Gasteiger partial charge in [-0.1, -0.05) is 0 Å². The number of carbonyl (C=O) groups excluding carboxylic acids is 3. The topological polar surface area (TPSA) is 70.2 Å². The highest BCUT2D eigenvalue weighted by Crippen LogP contribution is 2.29. The van der Waals surface area contributed by atoms with Crippen molar-refractivity contribution in [3.63, 3.8) is 0 Å². The number of thioether (sulfide) groups is 1. The first-order valence-corrected chi connectivity index (χ1v) is 11.4. The van der Waals surface area contributed by atoms with Crippen molar-refractivity contribution in [2.75, 3.05) is 57.9 Å². The Labute approximate surface area is 165 Å². The zero-order chi connectivity index (χ0) is 19.2. The predicted molar refractivity (Wildman–Crippen MR) is 104 cm³/mol. The largest absolute Gasteiger partial charge is 0.374 e. The molecule has 0 aromatic heterocycles. The number of nitrogens with zero attached hydrogens (tertiary/aromatic N) is 3. The molecule has 0 spiro atoms. The molecule has 3 rings (SSSR count). The number of amides is 3. The van der Waals surface area contributed by atoms with Gasteiger partial charge in [-0.05, 0) is 37.9 Å². The second-order valence-corrected chi connectivity index (χ2v) is 8.65. The summed E-state index contributed by atoms with van der Waals surface area (Å²) in [6, 6.07) is 0. The van der Waals surface area contributed by atoms with Gasteiger partial charge in [-0.2, -0.15) is 11.8 Å². The van der Waals surface area contributed by atoms with E-state index < -0.39 is 0 Å². The van der Waals surface area contributed by atoms with Crippen LogP contribution in [0.5, 0.6) is 0 Å². The van der Waals surface area contributed by atoms with E-state index in [1.165, 1.54) is 24.6 Å². The van der Waals surface area contributed by atoms with Crippen LogP contribution < -0.4 is 0 Å². The lowest BCUT2D eigenvalue weighted by Gasteiger charge is -2.25. The summed E-state index contributed by atoms with van der Waals surface area (Å²) in [7, 11) is 0. The van der Waals surface area contributed by atoms with Gasteiger partial charge in [0.25, 0.3) is 0 Å². The van der Waals surface area contributed by atoms with E-state index in [9.17, 15) is 14.4 Å². The van der Waals surface area contributed by atoms with Gasteiger partial charge in [0.1, 0.15) is 0 Å². The minimum Gasteiger partial charge on any atom is -0.374 e. The van der Waals surface area contributed by atoms with Crippen LogP contribution in [0.15, 0.2) is 0 Å². The lowest BCUT2D eigenvalue weighted by molar-refractivity contribution is -0.137. The van der Waals surface area contributed by atoms with E-state index in [0.29, 0.717) is 44.3 Å². The molecule has 2 aliphatic heterocycles. The Morgan fingerprint density at radius 2 is 1.93 bits per heavy atom. The Hall–Kier alpha value is -1.28.